The molecule has 0 bridgehead atoms. The van der Waals surface area contributed by atoms with Crippen LogP contribution in [0.1, 0.15) is 13.8 Å². The number of rotatable bonds is 5. The van der Waals surface area contributed by atoms with Gasteiger partial charge in [0.15, 0.2) is 0 Å². The van der Waals surface area contributed by atoms with Crippen LogP contribution in [-0.4, -0.2) is 35.6 Å². The van der Waals surface area contributed by atoms with E-state index in [0.29, 0.717) is 22.5 Å². The lowest BCUT2D eigenvalue weighted by atomic mass is 10.0. The van der Waals surface area contributed by atoms with Gasteiger partial charge in [0.05, 0.1) is 18.1 Å². The highest BCUT2D eigenvalue weighted by atomic mass is 16.5. The van der Waals surface area contributed by atoms with Crippen molar-refractivity contribution in [1.29, 1.82) is 0 Å². The van der Waals surface area contributed by atoms with Crippen molar-refractivity contribution in [3.05, 3.63) is 34.7 Å². The fourth-order valence-corrected chi connectivity index (χ4v) is 1.73. The maximum atomic E-state index is 11.3. The number of hydrogen-bond acceptors (Lipinski definition) is 6. The van der Waals surface area contributed by atoms with Crippen LogP contribution >= 0.6 is 0 Å². The molecule has 6 nitrogen and oxygen atoms in total. The zero-order chi connectivity index (χ0) is 15.6. The van der Waals surface area contributed by atoms with E-state index in [2.05, 4.69) is 0 Å². The molecule has 0 aliphatic heterocycles. The zero-order valence-electron chi connectivity index (χ0n) is 12.1. The molecule has 114 valence electrons. The molecule has 2 rings (SSSR count). The maximum Gasteiger partial charge on any atom is 0.336 e. The zero-order valence-corrected chi connectivity index (χ0v) is 12.1. The van der Waals surface area contributed by atoms with E-state index in [1.807, 2.05) is 0 Å². The van der Waals surface area contributed by atoms with Crippen LogP contribution < -0.4 is 15.1 Å². The predicted molar refractivity (Wildman–Crippen MR) is 76.8 cm³/mol. The van der Waals surface area contributed by atoms with Crippen molar-refractivity contribution in [3.63, 3.8) is 0 Å². The Morgan fingerprint density at radius 1 is 1.33 bits per heavy atom. The Bertz CT molecular complexity index is 683. The molecule has 0 aliphatic carbocycles. The molecule has 0 unspecified atom stereocenters. The first-order valence-corrected chi connectivity index (χ1v) is 6.46. The third-order valence-corrected chi connectivity index (χ3v) is 3.12. The van der Waals surface area contributed by atoms with E-state index in [0.717, 1.165) is 0 Å². The van der Waals surface area contributed by atoms with E-state index in [4.69, 9.17) is 13.9 Å². The van der Waals surface area contributed by atoms with Crippen molar-refractivity contribution in [2.75, 3.05) is 13.7 Å². The molecule has 2 N–H and O–H groups in total. The highest BCUT2D eigenvalue weighted by Gasteiger charge is 2.25. The number of ether oxygens (including phenoxy) is 2. The van der Waals surface area contributed by atoms with Crippen molar-refractivity contribution < 1.29 is 24.1 Å². The molecule has 1 heterocycles. The first-order chi connectivity index (χ1) is 9.81. The standard InChI is InChI=1S/C15H18O6/c1-15(2,18)13(16)8-20-11-6-9(19-3)7-12-10(11)4-5-14(17)21-12/h4-7,13,16,18H,8H2,1-3H3/t13-/m1/s1. The average molecular weight is 294 g/mol. The smallest absolute Gasteiger partial charge is 0.336 e. The summed E-state index contributed by atoms with van der Waals surface area (Å²) >= 11 is 0. The van der Waals surface area contributed by atoms with Gasteiger partial charge < -0.3 is 24.1 Å². The molecule has 0 aliphatic rings. The summed E-state index contributed by atoms with van der Waals surface area (Å²) in [5.74, 6) is 0.862. The average Bonchev–Trinajstić information content (AvgIpc) is 2.42. The Morgan fingerprint density at radius 2 is 2.05 bits per heavy atom. The number of methoxy groups -OCH3 is 1. The van der Waals surface area contributed by atoms with Crippen molar-refractivity contribution in [3.8, 4) is 11.5 Å². The topological polar surface area (TPSA) is 89.1 Å². The maximum absolute atomic E-state index is 11.3. The highest BCUT2D eigenvalue weighted by Crippen LogP contribution is 2.30. The summed E-state index contributed by atoms with van der Waals surface area (Å²) in [6, 6.07) is 6.07. The van der Waals surface area contributed by atoms with Crippen molar-refractivity contribution >= 4 is 11.0 Å². The van der Waals surface area contributed by atoms with Gasteiger partial charge in [0.25, 0.3) is 0 Å². The first-order valence-electron chi connectivity index (χ1n) is 6.46. The van der Waals surface area contributed by atoms with E-state index in [1.165, 1.54) is 27.0 Å². The normalized spacial score (nSPS) is 13.2. The van der Waals surface area contributed by atoms with Gasteiger partial charge in [0.2, 0.25) is 0 Å². The fourth-order valence-electron chi connectivity index (χ4n) is 1.73. The summed E-state index contributed by atoms with van der Waals surface area (Å²) in [6.07, 6.45) is -1.06. The lowest BCUT2D eigenvalue weighted by Crippen LogP contribution is -2.40. The largest absolute Gasteiger partial charge is 0.496 e. The molecule has 0 radical (unpaired) electrons. The first kappa shape index (κ1) is 15.3. The molecule has 0 amide bonds. The quantitative estimate of drug-likeness (QED) is 0.808. The molecule has 0 fully saturated rings. The van der Waals surface area contributed by atoms with Crippen LogP contribution in [0.25, 0.3) is 11.0 Å². The molecule has 0 spiro atoms. The van der Waals surface area contributed by atoms with Gasteiger partial charge in [0.1, 0.15) is 29.8 Å². The Kier molecular flexibility index (Phi) is 4.20. The molecular weight excluding hydrogens is 276 g/mol. The van der Waals surface area contributed by atoms with Gasteiger partial charge in [0, 0.05) is 18.2 Å². The Hall–Kier alpha value is -2.05. The van der Waals surface area contributed by atoms with E-state index in [-0.39, 0.29) is 6.61 Å². The minimum Gasteiger partial charge on any atom is -0.496 e. The Morgan fingerprint density at radius 3 is 2.67 bits per heavy atom. The number of aliphatic hydroxyl groups is 2. The number of hydrogen-bond donors (Lipinski definition) is 2. The van der Waals surface area contributed by atoms with Crippen molar-refractivity contribution in [2.24, 2.45) is 0 Å². The molecule has 0 saturated heterocycles. The van der Waals surface area contributed by atoms with E-state index in [1.54, 1.807) is 18.2 Å². The second kappa shape index (κ2) is 5.75. The van der Waals surface area contributed by atoms with Crippen LogP contribution in [0.4, 0.5) is 0 Å². The summed E-state index contributed by atoms with van der Waals surface area (Å²) in [5.41, 5.74) is -1.42. The third kappa shape index (κ3) is 3.53. The monoisotopic (exact) mass is 294 g/mol. The molecule has 0 saturated carbocycles. The molecule has 2 aromatic rings. The number of benzene rings is 1. The molecule has 6 heteroatoms. The minimum atomic E-state index is -1.28. The second-order valence-electron chi connectivity index (χ2n) is 5.27. The molecule has 1 atom stereocenters. The number of fused-ring (bicyclic) bond motifs is 1. The summed E-state index contributed by atoms with van der Waals surface area (Å²) in [6.45, 7) is 2.87. The fraction of sp³-hybridized carbons (Fsp3) is 0.400. The highest BCUT2D eigenvalue weighted by molar-refractivity contribution is 5.85. The van der Waals surface area contributed by atoms with E-state index in [9.17, 15) is 15.0 Å². The molecule has 1 aromatic carbocycles. The van der Waals surface area contributed by atoms with Gasteiger partial charge in [-0.3, -0.25) is 0 Å². The van der Waals surface area contributed by atoms with Gasteiger partial charge >= 0.3 is 5.63 Å². The van der Waals surface area contributed by atoms with Gasteiger partial charge in [-0.15, -0.1) is 0 Å². The Labute approximate surface area is 121 Å². The van der Waals surface area contributed by atoms with Gasteiger partial charge in [-0.25, -0.2) is 4.79 Å². The summed E-state index contributed by atoms with van der Waals surface area (Å²) < 4.78 is 15.8. The van der Waals surface area contributed by atoms with Crippen LogP contribution in [0.2, 0.25) is 0 Å². The molecular formula is C15H18O6. The SMILES string of the molecule is COc1cc(OC[C@@H](O)C(C)(C)O)c2ccc(=O)oc2c1. The van der Waals surface area contributed by atoms with E-state index >= 15 is 0 Å². The van der Waals surface area contributed by atoms with E-state index < -0.39 is 17.3 Å². The van der Waals surface area contributed by atoms with Crippen LogP contribution in [0.15, 0.2) is 33.5 Å². The Balaban J connectivity index is 2.36. The molecule has 21 heavy (non-hydrogen) atoms. The van der Waals surface area contributed by atoms with Gasteiger partial charge in [-0.05, 0) is 19.9 Å². The lowest BCUT2D eigenvalue weighted by Gasteiger charge is -2.24. The summed E-state index contributed by atoms with van der Waals surface area (Å²) in [7, 11) is 1.48. The summed E-state index contributed by atoms with van der Waals surface area (Å²) in [5, 5.41) is 20.1. The van der Waals surface area contributed by atoms with Crippen LogP contribution in [0.5, 0.6) is 11.5 Å². The third-order valence-electron chi connectivity index (χ3n) is 3.12. The predicted octanol–water partition coefficient (Wildman–Crippen LogP) is 1.31. The number of aliphatic hydroxyl groups excluding tert-OH is 1. The van der Waals surface area contributed by atoms with Gasteiger partial charge in [-0.2, -0.15) is 0 Å². The summed E-state index contributed by atoms with van der Waals surface area (Å²) in [4.78, 5) is 11.3. The van der Waals surface area contributed by atoms with Gasteiger partial charge in [-0.1, -0.05) is 0 Å². The minimum absolute atomic E-state index is 0.106. The van der Waals surface area contributed by atoms with Crippen LogP contribution in [-0.2, 0) is 0 Å². The lowest BCUT2D eigenvalue weighted by molar-refractivity contribution is -0.0659. The van der Waals surface area contributed by atoms with Crippen LogP contribution in [0.3, 0.4) is 0 Å². The second-order valence-corrected chi connectivity index (χ2v) is 5.27. The van der Waals surface area contributed by atoms with Crippen molar-refractivity contribution in [1.82, 2.24) is 0 Å². The van der Waals surface area contributed by atoms with Crippen molar-refractivity contribution in [2.45, 2.75) is 25.6 Å². The van der Waals surface area contributed by atoms with Crippen LogP contribution in [0, 0.1) is 0 Å². The molecule has 1 aromatic heterocycles.